The van der Waals surface area contributed by atoms with Gasteiger partial charge >= 0.3 is 0 Å². The lowest BCUT2D eigenvalue weighted by molar-refractivity contribution is 0.765. The fraction of sp³-hybridized carbons (Fsp3) is 0.250. The van der Waals surface area contributed by atoms with Crippen molar-refractivity contribution >= 4 is 11.3 Å². The van der Waals surface area contributed by atoms with Gasteiger partial charge < -0.3 is 5.32 Å². The Bertz CT molecular complexity index is 668. The number of nitrogens with one attached hydrogen (secondary N) is 1. The number of hydrogen-bond acceptors (Lipinski definition) is 4. The Morgan fingerprint density at radius 1 is 1.28 bits per heavy atom. The summed E-state index contributed by atoms with van der Waals surface area (Å²) in [6.07, 6.45) is 9.17. The van der Waals surface area contributed by atoms with Crippen molar-refractivity contribution in [2.75, 3.05) is 5.32 Å². The highest BCUT2D eigenvalue weighted by Gasteiger charge is 2.10. The molecular weight excluding hydrogens is 228 g/mol. The molecule has 0 aliphatic carbocycles. The molecule has 6 heteroatoms. The molecule has 0 spiro atoms. The van der Waals surface area contributed by atoms with Crippen molar-refractivity contribution in [3.8, 4) is 0 Å². The number of anilines is 1. The van der Waals surface area contributed by atoms with E-state index < -0.39 is 0 Å². The number of rotatable bonds is 3. The first kappa shape index (κ1) is 10.8. The summed E-state index contributed by atoms with van der Waals surface area (Å²) in [5.41, 5.74) is 2.09. The zero-order valence-corrected chi connectivity index (χ0v) is 10.3. The Kier molecular flexibility index (Phi) is 2.47. The fourth-order valence-electron chi connectivity index (χ4n) is 1.92. The lowest BCUT2D eigenvalue weighted by Gasteiger charge is -2.13. The van der Waals surface area contributed by atoms with E-state index in [0.717, 1.165) is 16.9 Å². The van der Waals surface area contributed by atoms with Crippen LogP contribution in [-0.4, -0.2) is 24.4 Å². The molecule has 3 heterocycles. The first-order valence-corrected chi connectivity index (χ1v) is 5.77. The van der Waals surface area contributed by atoms with Crippen molar-refractivity contribution < 1.29 is 0 Å². The molecule has 0 aliphatic heterocycles. The molecule has 1 atom stereocenters. The molecule has 0 radical (unpaired) electrons. The predicted octanol–water partition coefficient (Wildman–Crippen LogP) is 1.64. The van der Waals surface area contributed by atoms with Gasteiger partial charge in [-0.15, -0.1) is 0 Å². The Morgan fingerprint density at radius 3 is 2.94 bits per heavy atom. The first-order valence-electron chi connectivity index (χ1n) is 5.77. The van der Waals surface area contributed by atoms with Gasteiger partial charge in [-0.05, 0) is 13.0 Å². The summed E-state index contributed by atoms with van der Waals surface area (Å²) in [6, 6.07) is 2.08. The Labute approximate surface area is 104 Å². The minimum absolute atomic E-state index is 0.146. The lowest BCUT2D eigenvalue weighted by atomic mass is 10.2. The molecule has 0 fully saturated rings. The normalized spacial score (nSPS) is 12.8. The van der Waals surface area contributed by atoms with E-state index in [1.54, 1.807) is 21.6 Å². The van der Waals surface area contributed by atoms with Crippen molar-refractivity contribution in [1.29, 1.82) is 0 Å². The van der Waals surface area contributed by atoms with Crippen LogP contribution >= 0.6 is 0 Å². The van der Waals surface area contributed by atoms with E-state index in [4.69, 9.17) is 0 Å². The van der Waals surface area contributed by atoms with Crippen LogP contribution in [-0.2, 0) is 7.05 Å². The van der Waals surface area contributed by atoms with Gasteiger partial charge in [-0.1, -0.05) is 0 Å². The van der Waals surface area contributed by atoms with Crippen molar-refractivity contribution in [3.05, 3.63) is 42.6 Å². The van der Waals surface area contributed by atoms with Crippen molar-refractivity contribution in [1.82, 2.24) is 24.4 Å². The first-order chi connectivity index (χ1) is 8.74. The SMILES string of the molecule is CC(Nc1nccn2nccc12)c1cnn(C)c1. The van der Waals surface area contributed by atoms with Gasteiger partial charge in [0.2, 0.25) is 0 Å². The number of hydrogen-bond donors (Lipinski definition) is 1. The fourth-order valence-corrected chi connectivity index (χ4v) is 1.92. The number of nitrogens with zero attached hydrogens (tertiary/aromatic N) is 5. The maximum absolute atomic E-state index is 4.35. The zero-order chi connectivity index (χ0) is 12.5. The van der Waals surface area contributed by atoms with Gasteiger partial charge in [0.15, 0.2) is 5.82 Å². The van der Waals surface area contributed by atoms with Crippen molar-refractivity contribution in [2.45, 2.75) is 13.0 Å². The van der Waals surface area contributed by atoms with E-state index in [2.05, 4.69) is 27.4 Å². The molecule has 0 saturated carbocycles. The molecule has 0 bridgehead atoms. The third-order valence-corrected chi connectivity index (χ3v) is 2.90. The van der Waals surface area contributed by atoms with Gasteiger partial charge in [-0.3, -0.25) is 4.68 Å². The summed E-state index contributed by atoms with van der Waals surface area (Å²) in [7, 11) is 1.91. The zero-order valence-electron chi connectivity index (χ0n) is 10.3. The molecule has 1 unspecified atom stereocenters. The Morgan fingerprint density at radius 2 is 2.17 bits per heavy atom. The summed E-state index contributed by atoms with van der Waals surface area (Å²) in [5, 5.41) is 11.7. The second kappa shape index (κ2) is 4.14. The van der Waals surface area contributed by atoms with Crippen molar-refractivity contribution in [2.24, 2.45) is 7.05 Å². The van der Waals surface area contributed by atoms with Crippen LogP contribution in [0.5, 0.6) is 0 Å². The second-order valence-corrected chi connectivity index (χ2v) is 4.25. The Hall–Kier alpha value is -2.37. The summed E-state index contributed by atoms with van der Waals surface area (Å²) >= 11 is 0. The van der Waals surface area contributed by atoms with Gasteiger partial charge in [-0.2, -0.15) is 10.2 Å². The molecule has 3 aromatic heterocycles. The van der Waals surface area contributed by atoms with Crippen LogP contribution in [0.15, 0.2) is 37.1 Å². The largest absolute Gasteiger partial charge is 0.362 e. The van der Waals surface area contributed by atoms with Crippen LogP contribution in [0.2, 0.25) is 0 Å². The summed E-state index contributed by atoms with van der Waals surface area (Å²) in [4.78, 5) is 4.35. The minimum Gasteiger partial charge on any atom is -0.362 e. The molecule has 0 saturated heterocycles. The molecule has 0 aliphatic rings. The third kappa shape index (κ3) is 1.81. The molecule has 0 amide bonds. The smallest absolute Gasteiger partial charge is 0.152 e. The topological polar surface area (TPSA) is 60.0 Å². The predicted molar refractivity (Wildman–Crippen MR) is 68.2 cm³/mol. The molecular formula is C12H14N6. The monoisotopic (exact) mass is 242 g/mol. The van der Waals surface area contributed by atoms with E-state index in [1.807, 2.05) is 31.7 Å². The third-order valence-electron chi connectivity index (χ3n) is 2.90. The molecule has 92 valence electrons. The van der Waals surface area contributed by atoms with Crippen LogP contribution in [0.3, 0.4) is 0 Å². The highest BCUT2D eigenvalue weighted by molar-refractivity contribution is 5.67. The van der Waals surface area contributed by atoms with Gasteiger partial charge in [0.1, 0.15) is 5.52 Å². The van der Waals surface area contributed by atoms with Gasteiger partial charge in [0.05, 0.1) is 18.4 Å². The van der Waals surface area contributed by atoms with Crippen LogP contribution in [0.25, 0.3) is 5.52 Å². The van der Waals surface area contributed by atoms with E-state index in [-0.39, 0.29) is 6.04 Å². The van der Waals surface area contributed by atoms with E-state index >= 15 is 0 Å². The number of aryl methyl sites for hydroxylation is 1. The average molecular weight is 242 g/mol. The summed E-state index contributed by atoms with van der Waals surface area (Å²) < 4.78 is 3.59. The lowest BCUT2D eigenvalue weighted by Crippen LogP contribution is -2.08. The van der Waals surface area contributed by atoms with E-state index in [9.17, 15) is 0 Å². The molecule has 3 rings (SSSR count). The van der Waals surface area contributed by atoms with Crippen LogP contribution < -0.4 is 5.32 Å². The highest BCUT2D eigenvalue weighted by Crippen LogP contribution is 2.20. The second-order valence-electron chi connectivity index (χ2n) is 4.25. The number of fused-ring (bicyclic) bond motifs is 1. The molecule has 6 nitrogen and oxygen atoms in total. The average Bonchev–Trinajstić information content (AvgIpc) is 2.97. The number of aromatic nitrogens is 5. The van der Waals surface area contributed by atoms with Crippen LogP contribution in [0, 0.1) is 0 Å². The highest BCUT2D eigenvalue weighted by atomic mass is 15.2. The minimum atomic E-state index is 0.146. The van der Waals surface area contributed by atoms with E-state index in [0.29, 0.717) is 0 Å². The van der Waals surface area contributed by atoms with Gasteiger partial charge in [0, 0.05) is 31.2 Å². The molecule has 3 aromatic rings. The Balaban J connectivity index is 1.90. The van der Waals surface area contributed by atoms with Crippen molar-refractivity contribution in [3.63, 3.8) is 0 Å². The quantitative estimate of drug-likeness (QED) is 0.758. The van der Waals surface area contributed by atoms with E-state index in [1.165, 1.54) is 0 Å². The maximum atomic E-state index is 4.35. The molecule has 1 N–H and O–H groups in total. The van der Waals surface area contributed by atoms with Crippen LogP contribution in [0.4, 0.5) is 5.82 Å². The van der Waals surface area contributed by atoms with Gasteiger partial charge in [-0.25, -0.2) is 9.50 Å². The standard InChI is InChI=1S/C12H14N6/c1-9(10-7-15-17(2)8-10)16-12-11-3-4-14-18(11)6-5-13-12/h3-9H,1-2H3,(H,13,16). The summed E-state index contributed by atoms with van der Waals surface area (Å²) in [5.74, 6) is 0.825. The van der Waals surface area contributed by atoms with Crippen LogP contribution in [0.1, 0.15) is 18.5 Å². The summed E-state index contributed by atoms with van der Waals surface area (Å²) in [6.45, 7) is 2.08. The molecule has 18 heavy (non-hydrogen) atoms. The van der Waals surface area contributed by atoms with Gasteiger partial charge in [0.25, 0.3) is 0 Å². The maximum Gasteiger partial charge on any atom is 0.152 e. The molecule has 0 aromatic carbocycles.